The van der Waals surface area contributed by atoms with Crippen molar-refractivity contribution in [1.82, 2.24) is 4.98 Å². The van der Waals surface area contributed by atoms with Gasteiger partial charge in [0.1, 0.15) is 0 Å². The van der Waals surface area contributed by atoms with Gasteiger partial charge in [-0.05, 0) is 16.0 Å². The Morgan fingerprint density at radius 3 is 2.69 bits per heavy atom. The number of hydrogen-bond donors (Lipinski definition) is 2. The normalized spacial score (nSPS) is 11.2. The zero-order valence-electron chi connectivity index (χ0n) is 8.19. The molecule has 88 valence electrons. The molecule has 0 amide bonds. The van der Waals surface area contributed by atoms with Crippen LogP contribution in [0.15, 0.2) is 18.3 Å². The Labute approximate surface area is 89.6 Å². The molecule has 1 aromatic heterocycles. The summed E-state index contributed by atoms with van der Waals surface area (Å²) in [5, 5.41) is 12.6. The van der Waals surface area contributed by atoms with Crippen molar-refractivity contribution in [1.29, 1.82) is 0 Å². The number of rotatable bonds is 5. The summed E-state index contributed by atoms with van der Waals surface area (Å²) in [5.41, 5.74) is 5.12. The molecular formula is C8H10F2N4O2. The average molecular weight is 232 g/mol. The van der Waals surface area contributed by atoms with E-state index in [4.69, 9.17) is 5.73 Å². The van der Waals surface area contributed by atoms with Crippen LogP contribution < -0.4 is 11.1 Å². The first-order chi connectivity index (χ1) is 7.44. The molecule has 0 aliphatic carbocycles. The molecule has 0 fully saturated rings. The molecule has 6 nitrogen and oxygen atoms in total. The molecule has 16 heavy (non-hydrogen) atoms. The zero-order chi connectivity index (χ0) is 12.2. The molecule has 0 saturated heterocycles. The lowest BCUT2D eigenvalue weighted by atomic mass is 10.3. The van der Waals surface area contributed by atoms with Crippen molar-refractivity contribution in [3.05, 3.63) is 28.4 Å². The van der Waals surface area contributed by atoms with Gasteiger partial charge < -0.3 is 21.2 Å². The SMILES string of the molecule is NCC(F)(F)CNc1ccc([N+](=O)[O-])nc1. The minimum absolute atomic E-state index is 0.277. The van der Waals surface area contributed by atoms with E-state index in [1.807, 2.05) is 0 Å². The molecule has 0 unspecified atom stereocenters. The Morgan fingerprint density at radius 1 is 1.56 bits per heavy atom. The second-order valence-corrected chi connectivity index (χ2v) is 3.08. The molecule has 0 saturated carbocycles. The predicted octanol–water partition coefficient (Wildman–Crippen LogP) is 0.996. The molecule has 8 heteroatoms. The maximum Gasteiger partial charge on any atom is 0.363 e. The van der Waals surface area contributed by atoms with Gasteiger partial charge >= 0.3 is 5.82 Å². The molecule has 0 aromatic carbocycles. The number of pyridine rings is 1. The summed E-state index contributed by atoms with van der Waals surface area (Å²) < 4.78 is 25.5. The van der Waals surface area contributed by atoms with Crippen LogP contribution in [0.4, 0.5) is 20.3 Å². The van der Waals surface area contributed by atoms with E-state index in [9.17, 15) is 18.9 Å². The van der Waals surface area contributed by atoms with Crippen molar-refractivity contribution in [3.8, 4) is 0 Å². The second kappa shape index (κ2) is 4.79. The van der Waals surface area contributed by atoms with Crippen LogP contribution in [-0.4, -0.2) is 28.9 Å². The fourth-order valence-corrected chi connectivity index (χ4v) is 0.902. The van der Waals surface area contributed by atoms with Gasteiger partial charge in [-0.15, -0.1) is 0 Å². The summed E-state index contributed by atoms with van der Waals surface area (Å²) in [6.07, 6.45) is 1.12. The number of anilines is 1. The monoisotopic (exact) mass is 232 g/mol. The van der Waals surface area contributed by atoms with E-state index in [0.717, 1.165) is 12.3 Å². The van der Waals surface area contributed by atoms with Crippen molar-refractivity contribution in [2.24, 2.45) is 5.73 Å². The topological polar surface area (TPSA) is 94.1 Å². The van der Waals surface area contributed by atoms with Crippen LogP contribution in [0, 0.1) is 10.1 Å². The molecular weight excluding hydrogens is 222 g/mol. The van der Waals surface area contributed by atoms with E-state index in [-0.39, 0.29) is 11.5 Å². The highest BCUT2D eigenvalue weighted by Gasteiger charge is 2.26. The van der Waals surface area contributed by atoms with Crippen LogP contribution in [0.3, 0.4) is 0 Å². The quantitative estimate of drug-likeness (QED) is 0.583. The van der Waals surface area contributed by atoms with Crippen molar-refractivity contribution in [3.63, 3.8) is 0 Å². The highest BCUT2D eigenvalue weighted by Crippen LogP contribution is 2.15. The van der Waals surface area contributed by atoms with Crippen LogP contribution in [-0.2, 0) is 0 Å². The molecule has 0 spiro atoms. The Morgan fingerprint density at radius 2 is 2.25 bits per heavy atom. The van der Waals surface area contributed by atoms with Crippen LogP contribution in [0.1, 0.15) is 0 Å². The van der Waals surface area contributed by atoms with Crippen molar-refractivity contribution in [2.75, 3.05) is 18.4 Å². The summed E-state index contributed by atoms with van der Waals surface area (Å²) in [6.45, 7) is -1.40. The lowest BCUT2D eigenvalue weighted by Crippen LogP contribution is -2.35. The minimum Gasteiger partial charge on any atom is -0.376 e. The molecule has 0 radical (unpaired) electrons. The van der Waals surface area contributed by atoms with Crippen molar-refractivity contribution < 1.29 is 13.7 Å². The molecule has 3 N–H and O–H groups in total. The largest absolute Gasteiger partial charge is 0.376 e. The van der Waals surface area contributed by atoms with Gasteiger partial charge in [-0.2, -0.15) is 0 Å². The van der Waals surface area contributed by atoms with Gasteiger partial charge in [0.2, 0.25) is 0 Å². The van der Waals surface area contributed by atoms with Gasteiger partial charge in [0, 0.05) is 6.07 Å². The Hall–Kier alpha value is -1.83. The van der Waals surface area contributed by atoms with Crippen LogP contribution >= 0.6 is 0 Å². The van der Waals surface area contributed by atoms with E-state index in [1.165, 1.54) is 6.07 Å². The maximum absolute atomic E-state index is 12.7. The smallest absolute Gasteiger partial charge is 0.363 e. The van der Waals surface area contributed by atoms with E-state index in [1.54, 1.807) is 0 Å². The third-order valence-electron chi connectivity index (χ3n) is 1.78. The third-order valence-corrected chi connectivity index (χ3v) is 1.78. The van der Waals surface area contributed by atoms with Crippen molar-refractivity contribution >= 4 is 11.5 Å². The van der Waals surface area contributed by atoms with Gasteiger partial charge in [0.05, 0.1) is 18.8 Å². The molecule has 1 aromatic rings. The number of nitro groups is 1. The van der Waals surface area contributed by atoms with Crippen molar-refractivity contribution in [2.45, 2.75) is 5.92 Å². The number of nitrogens with two attached hydrogens (primary N) is 1. The molecule has 1 rings (SSSR count). The predicted molar refractivity (Wildman–Crippen MR) is 53.4 cm³/mol. The number of aromatic nitrogens is 1. The maximum atomic E-state index is 12.7. The van der Waals surface area contributed by atoms with E-state index in [2.05, 4.69) is 10.3 Å². The number of hydrogen-bond acceptors (Lipinski definition) is 5. The summed E-state index contributed by atoms with van der Waals surface area (Å²) in [4.78, 5) is 13.1. The average Bonchev–Trinajstić information content (AvgIpc) is 2.27. The second-order valence-electron chi connectivity index (χ2n) is 3.08. The first-order valence-electron chi connectivity index (χ1n) is 4.37. The molecule has 0 aliphatic rings. The lowest BCUT2D eigenvalue weighted by Gasteiger charge is -2.14. The van der Waals surface area contributed by atoms with Gasteiger partial charge in [-0.25, -0.2) is 8.78 Å². The van der Waals surface area contributed by atoms with E-state index in [0.29, 0.717) is 0 Å². The highest BCUT2D eigenvalue weighted by atomic mass is 19.3. The fourth-order valence-electron chi connectivity index (χ4n) is 0.902. The summed E-state index contributed by atoms with van der Waals surface area (Å²) in [6, 6.07) is 2.43. The lowest BCUT2D eigenvalue weighted by molar-refractivity contribution is -0.389. The Bertz CT molecular complexity index is 369. The molecule has 0 aliphatic heterocycles. The number of alkyl halides is 2. The number of halogens is 2. The van der Waals surface area contributed by atoms with Gasteiger partial charge in [0.25, 0.3) is 5.92 Å². The molecule has 0 bridgehead atoms. The molecule has 0 atom stereocenters. The first-order valence-corrected chi connectivity index (χ1v) is 4.37. The first kappa shape index (κ1) is 12.2. The third kappa shape index (κ3) is 3.39. The summed E-state index contributed by atoms with van der Waals surface area (Å²) in [5.74, 6) is -3.35. The number of nitrogens with zero attached hydrogens (tertiary/aromatic N) is 2. The highest BCUT2D eigenvalue weighted by molar-refractivity contribution is 5.43. The Kier molecular flexibility index (Phi) is 3.67. The van der Waals surface area contributed by atoms with Gasteiger partial charge in [0.15, 0.2) is 6.20 Å². The van der Waals surface area contributed by atoms with Crippen LogP contribution in [0.2, 0.25) is 0 Å². The Balaban J connectivity index is 2.59. The van der Waals surface area contributed by atoms with Gasteiger partial charge in [-0.3, -0.25) is 0 Å². The number of nitrogens with one attached hydrogen (secondary N) is 1. The van der Waals surface area contributed by atoms with Crippen LogP contribution in [0.25, 0.3) is 0 Å². The van der Waals surface area contributed by atoms with Gasteiger partial charge in [-0.1, -0.05) is 0 Å². The summed E-state index contributed by atoms with van der Waals surface area (Å²) >= 11 is 0. The molecule has 1 heterocycles. The van der Waals surface area contributed by atoms with Crippen LogP contribution in [0.5, 0.6) is 0 Å². The van der Waals surface area contributed by atoms with E-state index < -0.39 is 23.9 Å². The summed E-state index contributed by atoms with van der Waals surface area (Å²) in [7, 11) is 0. The zero-order valence-corrected chi connectivity index (χ0v) is 8.19. The minimum atomic E-state index is -3.01. The van der Waals surface area contributed by atoms with E-state index >= 15 is 0 Å². The fraction of sp³-hybridized carbons (Fsp3) is 0.375. The standard InChI is InChI=1S/C8H10F2N4O2/c9-8(10,4-11)5-13-6-1-2-7(12-3-6)14(15)16/h1-3,13H,4-5,11H2.